The maximum absolute atomic E-state index is 14.6. The van der Waals surface area contributed by atoms with Crippen LogP contribution in [0.2, 0.25) is 0 Å². The van der Waals surface area contributed by atoms with Crippen LogP contribution in [0.1, 0.15) is 184 Å². The van der Waals surface area contributed by atoms with Gasteiger partial charge in [-0.05, 0) is 133 Å². The van der Waals surface area contributed by atoms with Gasteiger partial charge in [-0.15, -0.1) is 0 Å². The van der Waals surface area contributed by atoms with Crippen LogP contribution < -0.4 is 126 Å². The summed E-state index contributed by atoms with van der Waals surface area (Å²) in [5.41, 5.74) is 55.0. The van der Waals surface area contributed by atoms with Gasteiger partial charge in [0.25, 0.3) is 0 Å². The van der Waals surface area contributed by atoms with E-state index in [2.05, 4.69) is 84.1 Å². The number of aliphatic hydroxyl groups is 1. The Kier molecular flexibility index (Phi) is 49.1. The van der Waals surface area contributed by atoms with Crippen molar-refractivity contribution < 1.29 is 101 Å². The number of carbonyl (C=O) groups excluding carboxylic acids is 18. The fourth-order valence-corrected chi connectivity index (χ4v) is 13.3. The second-order valence-corrected chi connectivity index (χ2v) is 32.3. The molecule has 0 spiro atoms. The molecular formula is C76H134N28O21. The SMILES string of the molecule is CC(C)C[C@H](NC(=O)CNC(=O)[C@@H]1CCCN1C(=O)[C@@H]1CCCN1C(=O)CNC(=O)[C@H](CO)NC(=O)[C@@H](N)CCCN=C(N)N)C(=O)N[C@@H](CCC(N)=O)C(=O)NCC(=O)N[C@@H](CCCN=C(N)N)C(=O)N[C@@H](CC(C)C)C(=O)N[C@@H](CCC(N)=O)C(=O)N[C@@H](CCCN=C(N)N)C(=O)N[C@@H](CC(C)C)C(=O)N[C@@H](CC(C)C)C(=O)N[C@@H](CCC(N)=O)C(=O)O. The number of amides is 18. The molecule has 13 atom stereocenters. The van der Waals surface area contributed by atoms with E-state index in [4.69, 9.17) is 57.3 Å². The third-order valence-electron chi connectivity index (χ3n) is 19.6. The average Bonchev–Trinajstić information content (AvgIpc) is 1.67. The largest absolute Gasteiger partial charge is 0.480 e. The molecule has 2 aliphatic rings. The third-order valence-corrected chi connectivity index (χ3v) is 19.6. The van der Waals surface area contributed by atoms with Crippen LogP contribution in [-0.2, 0) is 91.1 Å². The molecule has 0 bridgehead atoms. The number of hydrogen-bond acceptors (Lipinski definition) is 24. The number of primary amides is 3. The first-order valence-electron chi connectivity index (χ1n) is 41.7. The summed E-state index contributed by atoms with van der Waals surface area (Å²) in [7, 11) is 0. The van der Waals surface area contributed by atoms with Gasteiger partial charge in [0.1, 0.15) is 72.5 Å². The lowest BCUT2D eigenvalue weighted by Crippen LogP contribution is -2.60. The molecule has 0 unspecified atom stereocenters. The van der Waals surface area contributed by atoms with Crippen LogP contribution in [0, 0.1) is 23.7 Å². The summed E-state index contributed by atoms with van der Waals surface area (Å²) in [6, 6.07) is -18.3. The van der Waals surface area contributed by atoms with Crippen molar-refractivity contribution in [1.82, 2.24) is 78.9 Å². The van der Waals surface area contributed by atoms with Crippen LogP contribution >= 0.6 is 0 Å². The molecule has 0 saturated carbocycles. The number of carbonyl (C=O) groups is 19. The number of nitrogens with zero attached hydrogens (tertiary/aromatic N) is 5. The fourth-order valence-electron chi connectivity index (χ4n) is 13.3. The van der Waals surface area contributed by atoms with E-state index in [0.29, 0.717) is 19.3 Å². The van der Waals surface area contributed by atoms with Gasteiger partial charge in [-0.2, -0.15) is 0 Å². The lowest BCUT2D eigenvalue weighted by Gasteiger charge is -2.31. The van der Waals surface area contributed by atoms with E-state index in [-0.39, 0.29) is 158 Å². The minimum absolute atomic E-state index is 0.0113. The number of carboxylic acid groups (broad SMARTS) is 1. The minimum Gasteiger partial charge on any atom is -0.480 e. The molecular weight excluding hydrogens is 1640 g/mol. The molecule has 2 heterocycles. The molecule has 49 nitrogen and oxygen atoms in total. The molecule has 0 aromatic carbocycles. The van der Waals surface area contributed by atoms with Crippen molar-refractivity contribution in [3.8, 4) is 0 Å². The highest BCUT2D eigenvalue weighted by Gasteiger charge is 2.44. The second kappa shape index (κ2) is 56.4. The van der Waals surface area contributed by atoms with Crippen LogP contribution in [0.5, 0.6) is 0 Å². The maximum atomic E-state index is 14.6. The molecule has 35 N–H and O–H groups in total. The van der Waals surface area contributed by atoms with Crippen molar-refractivity contribution in [2.75, 3.05) is 59.0 Å². The average molecular weight is 1780 g/mol. The van der Waals surface area contributed by atoms with E-state index in [0.717, 1.165) is 0 Å². The molecule has 2 rings (SSSR count). The number of aliphatic hydroxyl groups excluding tert-OH is 1. The number of aliphatic imine (C=N–C) groups is 3. The topological polar surface area (TPSA) is 825 Å². The predicted molar refractivity (Wildman–Crippen MR) is 453 cm³/mol. The summed E-state index contributed by atoms with van der Waals surface area (Å²) in [5.74, 6) is -19.5. The lowest BCUT2D eigenvalue weighted by molar-refractivity contribution is -0.146. The first-order valence-corrected chi connectivity index (χ1v) is 41.7. The van der Waals surface area contributed by atoms with Gasteiger partial charge >= 0.3 is 5.97 Å². The molecule has 18 amide bonds. The Morgan fingerprint density at radius 2 is 0.656 bits per heavy atom. The Hall–Kier alpha value is -12.3. The van der Waals surface area contributed by atoms with E-state index in [1.165, 1.54) is 9.80 Å². The Morgan fingerprint density at radius 3 is 1.05 bits per heavy atom. The van der Waals surface area contributed by atoms with E-state index in [9.17, 15) is 101 Å². The summed E-state index contributed by atoms with van der Waals surface area (Å²) >= 11 is 0. The highest BCUT2D eigenvalue weighted by Crippen LogP contribution is 2.26. The summed E-state index contributed by atoms with van der Waals surface area (Å²) in [6.07, 6.45) is -1.75. The smallest absolute Gasteiger partial charge is 0.326 e. The quantitative estimate of drug-likeness (QED) is 0.0153. The highest BCUT2D eigenvalue weighted by molar-refractivity contribution is 6.01. The van der Waals surface area contributed by atoms with Gasteiger partial charge in [0.2, 0.25) is 106 Å². The van der Waals surface area contributed by atoms with Crippen molar-refractivity contribution in [3.63, 3.8) is 0 Å². The van der Waals surface area contributed by atoms with Crippen molar-refractivity contribution >= 4 is 130 Å². The van der Waals surface area contributed by atoms with Crippen LogP contribution in [0.3, 0.4) is 0 Å². The number of nitrogens with one attached hydrogen (secondary N) is 13. The Morgan fingerprint density at radius 1 is 0.352 bits per heavy atom. The van der Waals surface area contributed by atoms with E-state index in [1.54, 1.807) is 55.4 Å². The third kappa shape index (κ3) is 43.0. The zero-order valence-electron chi connectivity index (χ0n) is 72.5. The van der Waals surface area contributed by atoms with Crippen molar-refractivity contribution in [2.24, 2.45) is 96.0 Å². The zero-order valence-corrected chi connectivity index (χ0v) is 72.5. The summed E-state index contributed by atoms with van der Waals surface area (Å²) in [5, 5.41) is 52.0. The standard InChI is InChI=1S/C76H134N28O21/c1-38(2)30-48(94-59(110)35-91-71(122)53-17-12-29-104(53)72(123)54-18-13-28-103(54)60(111)36-92-63(114)52(37-105)102-61(112)42(77)14-9-25-87-74(81)82)67(118)96-45(19-22-55(78)106)62(113)90-34-58(109)93-43(15-10-26-88-75(83)84)64(115)99-49(31-39(3)4)68(119)97-46(20-23-56(79)107)66(117)95-44(16-11-27-89-76(85)86)65(116)100-51(33-41(7)8)70(121)101-50(32-40(5)6)69(120)98-47(73(124)125)21-24-57(80)108/h38-54,105H,9-37,77H2,1-8H3,(H2,78,106)(H2,79,107)(H2,80,108)(H,90,113)(H,91,122)(H,92,114)(H,93,109)(H,94,110)(H,95,117)(H,96,118)(H,97,119)(H,98,120)(H,99,115)(H,100,116)(H,101,121)(H,102,112)(H,124,125)(H4,81,82,87)(H4,83,84,88)(H4,85,86,89)/t42-,43-,44-,45-,46-,47-,48-,49-,50-,51-,52-,53-,54-/m0/s1. The molecule has 2 saturated heterocycles. The number of carboxylic acids is 1. The summed E-state index contributed by atoms with van der Waals surface area (Å²) < 4.78 is 0. The normalized spacial score (nSPS) is 16.2. The number of guanidine groups is 3. The van der Waals surface area contributed by atoms with Gasteiger partial charge in [0, 0.05) is 52.0 Å². The predicted octanol–water partition coefficient (Wildman–Crippen LogP) is -10.3. The van der Waals surface area contributed by atoms with Crippen molar-refractivity contribution in [2.45, 2.75) is 262 Å². The molecule has 0 aliphatic carbocycles. The zero-order chi connectivity index (χ0) is 94.5. The Labute approximate surface area is 725 Å². The van der Waals surface area contributed by atoms with Gasteiger partial charge in [-0.1, -0.05) is 55.4 Å². The van der Waals surface area contributed by atoms with Gasteiger partial charge in [0.15, 0.2) is 17.9 Å². The summed E-state index contributed by atoms with van der Waals surface area (Å²) in [6.45, 7) is 10.9. The van der Waals surface area contributed by atoms with Gasteiger partial charge < -0.3 is 146 Å². The molecule has 125 heavy (non-hydrogen) atoms. The number of hydrogen-bond donors (Lipinski definition) is 25. The molecule has 704 valence electrons. The monoisotopic (exact) mass is 1780 g/mol. The van der Waals surface area contributed by atoms with Crippen LogP contribution in [0.25, 0.3) is 0 Å². The molecule has 2 fully saturated rings. The van der Waals surface area contributed by atoms with Crippen LogP contribution in [0.4, 0.5) is 0 Å². The van der Waals surface area contributed by atoms with Gasteiger partial charge in [-0.3, -0.25) is 101 Å². The first-order chi connectivity index (χ1) is 58.6. The number of aliphatic carboxylic acids is 1. The van der Waals surface area contributed by atoms with Gasteiger partial charge in [0.05, 0.1) is 32.3 Å². The lowest BCUT2D eigenvalue weighted by atomic mass is 9.99. The summed E-state index contributed by atoms with van der Waals surface area (Å²) in [4.78, 5) is 271. The van der Waals surface area contributed by atoms with E-state index in [1.807, 2.05) is 0 Å². The maximum Gasteiger partial charge on any atom is 0.326 e. The first kappa shape index (κ1) is 109. The molecule has 49 heteroatoms. The van der Waals surface area contributed by atoms with Crippen LogP contribution in [0.15, 0.2) is 15.0 Å². The molecule has 2 aliphatic heterocycles. The van der Waals surface area contributed by atoms with Crippen molar-refractivity contribution in [1.29, 1.82) is 0 Å². The fraction of sp³-hybridized carbons (Fsp3) is 0.711. The minimum atomic E-state index is -1.69. The molecule has 0 radical (unpaired) electrons. The van der Waals surface area contributed by atoms with Gasteiger partial charge in [-0.25, -0.2) is 4.79 Å². The number of likely N-dealkylation sites (tertiary alicyclic amines) is 2. The van der Waals surface area contributed by atoms with E-state index < -0.39 is 243 Å². The number of nitrogens with two attached hydrogens (primary N) is 10. The Balaban J connectivity index is 2.36. The molecule has 0 aromatic rings. The van der Waals surface area contributed by atoms with E-state index >= 15 is 0 Å². The van der Waals surface area contributed by atoms with Crippen LogP contribution in [-0.4, -0.2) is 288 Å². The second-order valence-electron chi connectivity index (χ2n) is 32.3. The Bertz CT molecular complexity index is 3790. The molecule has 0 aromatic heterocycles. The highest BCUT2D eigenvalue weighted by atomic mass is 16.4. The number of rotatable bonds is 59. The van der Waals surface area contributed by atoms with Crippen molar-refractivity contribution in [3.05, 3.63) is 0 Å².